The van der Waals surface area contributed by atoms with Crippen molar-refractivity contribution < 1.29 is 19.1 Å². The van der Waals surface area contributed by atoms with Gasteiger partial charge in [0.15, 0.2) is 0 Å². The molecule has 7 nitrogen and oxygen atoms in total. The maximum Gasteiger partial charge on any atom is 0.267 e. The van der Waals surface area contributed by atoms with Gasteiger partial charge in [-0.2, -0.15) is 5.10 Å². The van der Waals surface area contributed by atoms with Gasteiger partial charge in [0.05, 0.1) is 20.4 Å². The van der Waals surface area contributed by atoms with E-state index in [1.807, 2.05) is 24.3 Å². The van der Waals surface area contributed by atoms with Gasteiger partial charge in [0.2, 0.25) is 0 Å². The van der Waals surface area contributed by atoms with Crippen LogP contribution in [0.3, 0.4) is 0 Å². The number of rotatable bonds is 8. The van der Waals surface area contributed by atoms with Crippen molar-refractivity contribution in [2.24, 2.45) is 5.10 Å². The third-order valence-corrected chi connectivity index (χ3v) is 4.54. The Morgan fingerprint density at radius 3 is 2.23 bits per heavy atom. The molecule has 2 amide bonds. The maximum atomic E-state index is 12.9. The fraction of sp³-hybridized carbons (Fsp3) is 0.125. The predicted molar refractivity (Wildman–Crippen MR) is 118 cm³/mol. The molecule has 0 aliphatic rings. The zero-order chi connectivity index (χ0) is 22.1. The van der Waals surface area contributed by atoms with Crippen LogP contribution in [-0.2, 0) is 4.79 Å². The van der Waals surface area contributed by atoms with Gasteiger partial charge in [-0.1, -0.05) is 42.5 Å². The van der Waals surface area contributed by atoms with Crippen LogP contribution < -0.4 is 20.2 Å². The standard InChI is InChI=1S/C24H23N3O4/c1-30-20-14-12-17(13-15-20)22(26-23(28)18-8-4-3-5-9-18)24(29)27-25-16-19-10-6-7-11-21(19)31-2/h3-16,22H,1-2H3,(H,26,28)(H,27,29)/b25-16-/t22-/m0/s1. The van der Waals surface area contributed by atoms with E-state index in [4.69, 9.17) is 9.47 Å². The number of methoxy groups -OCH3 is 2. The minimum Gasteiger partial charge on any atom is -0.497 e. The average Bonchev–Trinajstić information content (AvgIpc) is 2.83. The number of hydrogen-bond donors (Lipinski definition) is 2. The zero-order valence-corrected chi connectivity index (χ0v) is 17.2. The van der Waals surface area contributed by atoms with E-state index < -0.39 is 11.9 Å². The van der Waals surface area contributed by atoms with Crippen LogP contribution in [0.5, 0.6) is 11.5 Å². The fourth-order valence-corrected chi connectivity index (χ4v) is 2.90. The quantitative estimate of drug-likeness (QED) is 0.435. The molecule has 1 atom stereocenters. The SMILES string of the molecule is COc1ccc([C@H](NC(=O)c2ccccc2)C(=O)N/N=C\c2ccccc2OC)cc1. The Balaban J connectivity index is 1.79. The molecular formula is C24H23N3O4. The highest BCUT2D eigenvalue weighted by Crippen LogP contribution is 2.19. The summed E-state index contributed by atoms with van der Waals surface area (Å²) in [4.78, 5) is 25.6. The second-order valence-corrected chi connectivity index (χ2v) is 6.52. The van der Waals surface area contributed by atoms with Crippen LogP contribution in [0.25, 0.3) is 0 Å². The van der Waals surface area contributed by atoms with E-state index in [9.17, 15) is 9.59 Å². The van der Waals surface area contributed by atoms with Crippen LogP contribution >= 0.6 is 0 Å². The Bertz CT molecular complexity index is 1050. The van der Waals surface area contributed by atoms with Gasteiger partial charge in [0.1, 0.15) is 17.5 Å². The van der Waals surface area contributed by atoms with E-state index in [0.717, 1.165) is 0 Å². The number of nitrogens with one attached hydrogen (secondary N) is 2. The molecule has 0 saturated carbocycles. The van der Waals surface area contributed by atoms with Crippen molar-refractivity contribution in [2.45, 2.75) is 6.04 Å². The predicted octanol–water partition coefficient (Wildman–Crippen LogP) is 3.33. The number of para-hydroxylation sites is 1. The molecule has 7 heteroatoms. The van der Waals surface area contributed by atoms with Crippen LogP contribution in [0, 0.1) is 0 Å². The summed E-state index contributed by atoms with van der Waals surface area (Å²) < 4.78 is 10.4. The van der Waals surface area contributed by atoms with Gasteiger partial charge in [-0.05, 0) is 42.0 Å². The molecule has 2 N–H and O–H groups in total. The molecule has 3 aromatic rings. The normalized spacial score (nSPS) is 11.5. The number of benzene rings is 3. The molecule has 158 valence electrons. The fourth-order valence-electron chi connectivity index (χ4n) is 2.90. The third kappa shape index (κ3) is 5.70. The molecule has 0 aliphatic heterocycles. The third-order valence-electron chi connectivity index (χ3n) is 4.54. The van der Waals surface area contributed by atoms with Crippen LogP contribution in [0.15, 0.2) is 84.0 Å². The second-order valence-electron chi connectivity index (χ2n) is 6.52. The Kier molecular flexibility index (Phi) is 7.37. The lowest BCUT2D eigenvalue weighted by molar-refractivity contribution is -0.123. The average molecular weight is 417 g/mol. The largest absolute Gasteiger partial charge is 0.497 e. The molecule has 31 heavy (non-hydrogen) atoms. The zero-order valence-electron chi connectivity index (χ0n) is 17.2. The first-order valence-corrected chi connectivity index (χ1v) is 9.58. The molecule has 0 fully saturated rings. The van der Waals surface area contributed by atoms with Crippen LogP contribution in [0.2, 0.25) is 0 Å². The molecule has 0 aliphatic carbocycles. The molecule has 0 unspecified atom stereocenters. The Morgan fingerprint density at radius 2 is 1.55 bits per heavy atom. The van der Waals surface area contributed by atoms with Crippen molar-refractivity contribution in [3.8, 4) is 11.5 Å². The molecule has 0 spiro atoms. The number of hydrazone groups is 1. The van der Waals surface area contributed by atoms with Crippen molar-refractivity contribution >= 4 is 18.0 Å². The van der Waals surface area contributed by atoms with Gasteiger partial charge < -0.3 is 14.8 Å². The summed E-state index contributed by atoms with van der Waals surface area (Å²) in [5, 5.41) is 6.80. The molecule has 3 aromatic carbocycles. The highest BCUT2D eigenvalue weighted by Gasteiger charge is 2.23. The van der Waals surface area contributed by atoms with Crippen LogP contribution in [0.4, 0.5) is 0 Å². The van der Waals surface area contributed by atoms with Crippen LogP contribution in [-0.4, -0.2) is 32.2 Å². The molecule has 0 heterocycles. The number of nitrogens with zero attached hydrogens (tertiary/aromatic N) is 1. The Morgan fingerprint density at radius 1 is 0.871 bits per heavy atom. The maximum absolute atomic E-state index is 12.9. The highest BCUT2D eigenvalue weighted by atomic mass is 16.5. The summed E-state index contributed by atoms with van der Waals surface area (Å²) in [6.07, 6.45) is 1.49. The summed E-state index contributed by atoms with van der Waals surface area (Å²) in [5.41, 5.74) is 4.25. The molecular weight excluding hydrogens is 394 g/mol. The van der Waals surface area contributed by atoms with E-state index in [2.05, 4.69) is 15.8 Å². The number of amides is 2. The van der Waals surface area contributed by atoms with Crippen LogP contribution in [0.1, 0.15) is 27.5 Å². The lowest BCUT2D eigenvalue weighted by atomic mass is 10.1. The van der Waals surface area contributed by atoms with Crippen molar-refractivity contribution in [2.75, 3.05) is 14.2 Å². The van der Waals surface area contributed by atoms with Crippen molar-refractivity contribution in [3.63, 3.8) is 0 Å². The monoisotopic (exact) mass is 417 g/mol. The Hall–Kier alpha value is -4.13. The topological polar surface area (TPSA) is 89.0 Å². The summed E-state index contributed by atoms with van der Waals surface area (Å²) in [6.45, 7) is 0. The first kappa shape index (κ1) is 21.6. The first-order valence-electron chi connectivity index (χ1n) is 9.58. The minimum absolute atomic E-state index is 0.370. The molecule has 0 aromatic heterocycles. The number of carbonyl (C=O) groups excluding carboxylic acids is 2. The van der Waals surface area contributed by atoms with Crippen molar-refractivity contribution in [3.05, 3.63) is 95.6 Å². The molecule has 3 rings (SSSR count). The van der Waals surface area contributed by atoms with Crippen molar-refractivity contribution in [1.82, 2.24) is 10.7 Å². The van der Waals surface area contributed by atoms with Gasteiger partial charge in [-0.25, -0.2) is 5.43 Å². The summed E-state index contributed by atoms with van der Waals surface area (Å²) in [6, 6.07) is 21.9. The molecule has 0 saturated heterocycles. The van der Waals surface area contributed by atoms with Gasteiger partial charge in [0.25, 0.3) is 11.8 Å². The molecule has 0 bridgehead atoms. The lowest BCUT2D eigenvalue weighted by Gasteiger charge is -2.18. The van der Waals surface area contributed by atoms with E-state index in [1.165, 1.54) is 6.21 Å². The van der Waals surface area contributed by atoms with Gasteiger partial charge in [-0.3, -0.25) is 9.59 Å². The number of carbonyl (C=O) groups is 2. The number of ether oxygens (including phenoxy) is 2. The second kappa shape index (κ2) is 10.6. The van der Waals surface area contributed by atoms with Gasteiger partial charge in [-0.15, -0.1) is 0 Å². The minimum atomic E-state index is -0.951. The van der Waals surface area contributed by atoms with E-state index >= 15 is 0 Å². The summed E-state index contributed by atoms with van der Waals surface area (Å²) in [7, 11) is 3.12. The van der Waals surface area contributed by atoms with E-state index in [0.29, 0.717) is 28.2 Å². The molecule has 0 radical (unpaired) electrons. The van der Waals surface area contributed by atoms with E-state index in [1.54, 1.807) is 68.8 Å². The van der Waals surface area contributed by atoms with E-state index in [-0.39, 0.29) is 5.91 Å². The smallest absolute Gasteiger partial charge is 0.267 e. The highest BCUT2D eigenvalue weighted by molar-refractivity contribution is 5.98. The lowest BCUT2D eigenvalue weighted by Crippen LogP contribution is -2.38. The summed E-state index contributed by atoms with van der Waals surface area (Å²) >= 11 is 0. The number of hydrogen-bond acceptors (Lipinski definition) is 5. The van der Waals surface area contributed by atoms with Gasteiger partial charge in [0, 0.05) is 11.1 Å². The van der Waals surface area contributed by atoms with Crippen molar-refractivity contribution in [1.29, 1.82) is 0 Å². The van der Waals surface area contributed by atoms with Gasteiger partial charge >= 0.3 is 0 Å². The first-order chi connectivity index (χ1) is 15.1. The Labute approximate surface area is 180 Å². The summed E-state index contributed by atoms with van der Waals surface area (Å²) in [5.74, 6) is 0.418.